The Morgan fingerprint density at radius 1 is 1.08 bits per heavy atom. The molecule has 0 fully saturated rings. The average Bonchev–Trinajstić information content (AvgIpc) is 2.17. The van der Waals surface area contributed by atoms with Crippen molar-refractivity contribution in [3.8, 4) is 0 Å². The van der Waals surface area contributed by atoms with Crippen LogP contribution in [0.15, 0.2) is 29.2 Å². The predicted molar refractivity (Wildman–Crippen MR) is 61.5 cm³/mol. The van der Waals surface area contributed by atoms with Crippen LogP contribution in [-0.2, 0) is 6.42 Å². The molecule has 0 heterocycles. The third-order valence-electron chi connectivity index (χ3n) is 1.95. The minimum atomic E-state index is 1.22. The molecule has 0 spiro atoms. The van der Waals surface area contributed by atoms with E-state index < -0.39 is 0 Å². The van der Waals surface area contributed by atoms with E-state index in [0.717, 1.165) is 0 Å². The molecule has 0 bridgehead atoms. The summed E-state index contributed by atoms with van der Waals surface area (Å²) in [6.07, 6.45) is 3.71. The maximum absolute atomic E-state index is 2.25. The van der Waals surface area contributed by atoms with Crippen LogP contribution < -0.4 is 0 Å². The molecule has 0 aliphatic rings. The predicted octanol–water partition coefficient (Wildman–Crippen LogP) is 4.14. The summed E-state index contributed by atoms with van der Waals surface area (Å²) >= 11 is 1.99. The second kappa shape index (κ2) is 6.09. The highest BCUT2D eigenvalue weighted by Gasteiger charge is 1.99. The number of aryl methyl sites for hydroxylation is 1. The van der Waals surface area contributed by atoms with Crippen molar-refractivity contribution < 1.29 is 0 Å². The molecule has 1 aromatic carbocycles. The molecule has 0 unspecified atom stereocenters. The van der Waals surface area contributed by atoms with Crippen molar-refractivity contribution in [1.29, 1.82) is 0 Å². The highest BCUT2D eigenvalue weighted by atomic mass is 32.2. The van der Waals surface area contributed by atoms with Crippen LogP contribution in [0, 0.1) is 0 Å². The van der Waals surface area contributed by atoms with Gasteiger partial charge in [0.1, 0.15) is 0 Å². The molecule has 72 valence electrons. The van der Waals surface area contributed by atoms with Gasteiger partial charge in [-0.2, -0.15) is 0 Å². The van der Waals surface area contributed by atoms with Gasteiger partial charge in [-0.1, -0.05) is 38.5 Å². The summed E-state index contributed by atoms with van der Waals surface area (Å²) in [6, 6.07) is 8.77. The Morgan fingerprint density at radius 3 is 2.54 bits per heavy atom. The first-order valence-corrected chi connectivity index (χ1v) is 6.07. The summed E-state index contributed by atoms with van der Waals surface area (Å²) < 4.78 is 0. The van der Waals surface area contributed by atoms with Gasteiger partial charge in [0, 0.05) is 4.90 Å². The van der Waals surface area contributed by atoms with E-state index in [4.69, 9.17) is 0 Å². The molecule has 0 aliphatic heterocycles. The summed E-state index contributed by atoms with van der Waals surface area (Å²) in [5.41, 5.74) is 1.52. The average molecular weight is 194 g/mol. The second-order valence-corrected chi connectivity index (χ2v) is 4.34. The standard InChI is InChI=1S/C12H18S/c1-3-7-11-8-5-6-9-12(11)13-10-4-2/h5-6,8-9H,3-4,7,10H2,1-2H3. The first-order chi connectivity index (χ1) is 6.38. The molecule has 0 aliphatic carbocycles. The Hall–Kier alpha value is -0.430. The van der Waals surface area contributed by atoms with Crippen molar-refractivity contribution in [2.45, 2.75) is 38.0 Å². The van der Waals surface area contributed by atoms with Crippen molar-refractivity contribution in [2.24, 2.45) is 0 Å². The maximum atomic E-state index is 2.25. The normalized spacial score (nSPS) is 10.3. The lowest BCUT2D eigenvalue weighted by atomic mass is 10.1. The van der Waals surface area contributed by atoms with Gasteiger partial charge in [-0.05, 0) is 30.2 Å². The lowest BCUT2D eigenvalue weighted by molar-refractivity contribution is 0.900. The van der Waals surface area contributed by atoms with E-state index in [1.807, 2.05) is 11.8 Å². The second-order valence-electron chi connectivity index (χ2n) is 3.21. The fraction of sp³-hybridized carbons (Fsp3) is 0.500. The largest absolute Gasteiger partial charge is 0.126 e. The van der Waals surface area contributed by atoms with Crippen LogP contribution in [0.3, 0.4) is 0 Å². The van der Waals surface area contributed by atoms with Crippen molar-refractivity contribution in [3.63, 3.8) is 0 Å². The van der Waals surface area contributed by atoms with E-state index in [1.165, 1.54) is 35.5 Å². The van der Waals surface area contributed by atoms with E-state index in [0.29, 0.717) is 0 Å². The molecular formula is C12H18S. The molecule has 1 rings (SSSR count). The van der Waals surface area contributed by atoms with E-state index in [9.17, 15) is 0 Å². The summed E-state index contributed by atoms with van der Waals surface area (Å²) in [5.74, 6) is 1.24. The van der Waals surface area contributed by atoms with Crippen molar-refractivity contribution in [3.05, 3.63) is 29.8 Å². The number of hydrogen-bond acceptors (Lipinski definition) is 1. The van der Waals surface area contributed by atoms with Gasteiger partial charge in [-0.3, -0.25) is 0 Å². The van der Waals surface area contributed by atoms with Crippen LogP contribution in [0.25, 0.3) is 0 Å². The van der Waals surface area contributed by atoms with Crippen molar-refractivity contribution in [1.82, 2.24) is 0 Å². The van der Waals surface area contributed by atoms with Crippen LogP contribution >= 0.6 is 11.8 Å². The van der Waals surface area contributed by atoms with Crippen molar-refractivity contribution in [2.75, 3.05) is 5.75 Å². The molecular weight excluding hydrogens is 176 g/mol. The molecule has 1 heteroatoms. The Balaban J connectivity index is 2.66. The highest BCUT2D eigenvalue weighted by Crippen LogP contribution is 2.23. The Bertz CT molecular complexity index is 243. The SMILES string of the molecule is CCCSc1ccccc1CCC. The lowest BCUT2D eigenvalue weighted by Crippen LogP contribution is -1.87. The third-order valence-corrected chi connectivity index (χ3v) is 3.28. The van der Waals surface area contributed by atoms with E-state index in [1.54, 1.807) is 0 Å². The summed E-state index contributed by atoms with van der Waals surface area (Å²) in [6.45, 7) is 4.47. The highest BCUT2D eigenvalue weighted by molar-refractivity contribution is 7.99. The van der Waals surface area contributed by atoms with E-state index >= 15 is 0 Å². The zero-order valence-corrected chi connectivity index (χ0v) is 9.36. The number of thioether (sulfide) groups is 1. The lowest BCUT2D eigenvalue weighted by Gasteiger charge is -2.06. The van der Waals surface area contributed by atoms with Crippen LogP contribution in [-0.4, -0.2) is 5.75 Å². The first kappa shape index (κ1) is 10.6. The molecule has 0 N–H and O–H groups in total. The molecule has 0 saturated carbocycles. The van der Waals surface area contributed by atoms with Gasteiger partial charge < -0.3 is 0 Å². The van der Waals surface area contributed by atoms with Gasteiger partial charge in [0.05, 0.1) is 0 Å². The zero-order chi connectivity index (χ0) is 9.52. The molecule has 0 saturated heterocycles. The van der Waals surface area contributed by atoms with Gasteiger partial charge in [0.15, 0.2) is 0 Å². The quantitative estimate of drug-likeness (QED) is 0.635. The Morgan fingerprint density at radius 2 is 1.85 bits per heavy atom. The van der Waals surface area contributed by atoms with Crippen LogP contribution in [0.1, 0.15) is 32.3 Å². The molecule has 13 heavy (non-hydrogen) atoms. The zero-order valence-electron chi connectivity index (χ0n) is 8.55. The van der Waals surface area contributed by atoms with E-state index in [-0.39, 0.29) is 0 Å². The number of hydrogen-bond donors (Lipinski definition) is 0. The minimum absolute atomic E-state index is 1.22. The molecule has 0 radical (unpaired) electrons. The fourth-order valence-corrected chi connectivity index (χ4v) is 2.29. The topological polar surface area (TPSA) is 0 Å². The van der Waals surface area contributed by atoms with Crippen LogP contribution in [0.2, 0.25) is 0 Å². The Kier molecular flexibility index (Phi) is 4.99. The molecule has 0 nitrogen and oxygen atoms in total. The smallest absolute Gasteiger partial charge is 0.0104 e. The van der Waals surface area contributed by atoms with Crippen LogP contribution in [0.5, 0.6) is 0 Å². The van der Waals surface area contributed by atoms with Gasteiger partial charge in [-0.15, -0.1) is 11.8 Å². The van der Waals surface area contributed by atoms with Crippen molar-refractivity contribution >= 4 is 11.8 Å². The maximum Gasteiger partial charge on any atom is 0.0104 e. The Labute approximate surface area is 85.7 Å². The monoisotopic (exact) mass is 194 g/mol. The molecule has 0 atom stereocenters. The fourth-order valence-electron chi connectivity index (χ4n) is 1.33. The summed E-state index contributed by atoms with van der Waals surface area (Å²) in [7, 11) is 0. The van der Waals surface area contributed by atoms with E-state index in [2.05, 4.69) is 38.1 Å². The molecule has 0 amide bonds. The van der Waals surface area contributed by atoms with Gasteiger partial charge in [-0.25, -0.2) is 0 Å². The third kappa shape index (κ3) is 3.43. The van der Waals surface area contributed by atoms with Gasteiger partial charge in [0.25, 0.3) is 0 Å². The minimum Gasteiger partial charge on any atom is -0.126 e. The molecule has 1 aromatic rings. The van der Waals surface area contributed by atoms with Crippen LogP contribution in [0.4, 0.5) is 0 Å². The van der Waals surface area contributed by atoms with Gasteiger partial charge >= 0.3 is 0 Å². The number of benzene rings is 1. The van der Waals surface area contributed by atoms with Gasteiger partial charge in [0.2, 0.25) is 0 Å². The summed E-state index contributed by atoms with van der Waals surface area (Å²) in [4.78, 5) is 1.48. The number of rotatable bonds is 5. The molecule has 0 aromatic heterocycles. The summed E-state index contributed by atoms with van der Waals surface area (Å²) in [5, 5.41) is 0. The first-order valence-electron chi connectivity index (χ1n) is 5.09.